The molecule has 41 heteroatoms. The molecule has 18 atom stereocenters. The first-order valence-electron chi connectivity index (χ1n) is 51.9. The molecule has 5 rings (SSSR count). The number of rotatable bonds is 52. The number of phenols is 1. The van der Waals surface area contributed by atoms with Crippen molar-refractivity contribution in [1.29, 1.82) is 0 Å². The third-order valence-electron chi connectivity index (χ3n) is 26.8. The fourth-order valence-corrected chi connectivity index (χ4v) is 16.6. The van der Waals surface area contributed by atoms with E-state index >= 15 is 4.79 Å². The quantitative estimate of drug-likeness (QED) is 0.00992. The summed E-state index contributed by atoms with van der Waals surface area (Å²) in [5.74, 6) is -11.1. The number of aliphatic hydroxyl groups is 1. The average molecular weight is 2070 g/mol. The number of carbonyl (C=O) groups excluding carboxylic acids is 19. The summed E-state index contributed by atoms with van der Waals surface area (Å²) in [7, 11) is 0. The lowest BCUT2D eigenvalue weighted by Crippen LogP contribution is -2.63. The summed E-state index contributed by atoms with van der Waals surface area (Å²) in [6.07, 6.45) is 5.93. The molecule has 3 aromatic carbocycles. The smallest absolute Gasteiger partial charge is 0.243 e. The van der Waals surface area contributed by atoms with Crippen molar-refractivity contribution in [3.63, 3.8) is 0 Å². The molecular formula is C107H166N20O21. The second-order valence-corrected chi connectivity index (χ2v) is 40.6. The van der Waals surface area contributed by atoms with Crippen molar-refractivity contribution < 1.29 is 101 Å². The minimum atomic E-state index is -1.79. The third kappa shape index (κ3) is 46.1. The Hall–Kier alpha value is -11.1. The maximum absolute atomic E-state index is 15.2. The number of fused-ring (bicyclic) bond motifs is 1. The summed E-state index contributed by atoms with van der Waals surface area (Å²) in [5, 5.41) is 54.2. The maximum atomic E-state index is 15.2. The summed E-state index contributed by atoms with van der Waals surface area (Å²) in [6, 6.07) is 6.53. The maximum Gasteiger partial charge on any atom is 0.243 e. The normalized spacial score (nSPS) is 22.1. The lowest BCUT2D eigenvalue weighted by molar-refractivity contribution is -0.142. The molecule has 1 aliphatic heterocycles. The third-order valence-corrected chi connectivity index (χ3v) is 26.8. The molecule has 148 heavy (non-hydrogen) atoms. The van der Waals surface area contributed by atoms with Crippen LogP contribution in [0.3, 0.4) is 0 Å². The Kier molecular flexibility index (Phi) is 56.6. The zero-order valence-electron chi connectivity index (χ0n) is 89.1. The largest absolute Gasteiger partial charge is 0.508 e. The van der Waals surface area contributed by atoms with Crippen LogP contribution in [0.15, 0.2) is 97.2 Å². The number of para-hydroxylation sites is 1. The number of nitrogens with two attached hydrogens (primary N) is 2. The van der Waals surface area contributed by atoms with Crippen LogP contribution in [-0.2, 0) is 110 Å². The summed E-state index contributed by atoms with van der Waals surface area (Å²) >= 11 is 0. The van der Waals surface area contributed by atoms with Gasteiger partial charge in [-0.2, -0.15) is 0 Å². The molecule has 820 valence electrons. The van der Waals surface area contributed by atoms with Gasteiger partial charge in [0, 0.05) is 88.9 Å². The van der Waals surface area contributed by atoms with Crippen molar-refractivity contribution in [1.82, 2.24) is 96.0 Å². The number of nitrogens with one attached hydrogen (secondary N) is 18. The topological polar surface area (TPSA) is 637 Å². The van der Waals surface area contributed by atoms with Crippen LogP contribution in [0, 0.1) is 11.8 Å². The number of hydrogen-bond donors (Lipinski definition) is 22. The molecule has 0 saturated heterocycles. The highest BCUT2D eigenvalue weighted by molar-refractivity contribution is 6.41. The molecule has 2 heterocycles. The van der Waals surface area contributed by atoms with Gasteiger partial charge in [0.05, 0.1) is 122 Å². The molecule has 0 radical (unpaired) electrons. The number of primary amides is 2. The van der Waals surface area contributed by atoms with Gasteiger partial charge in [-0.05, 0) is 200 Å². The Morgan fingerprint density at radius 3 is 1.55 bits per heavy atom. The fraction of sp³-hybridized carbons (Fsp3) is 0.617. The molecule has 41 nitrogen and oxygen atoms in total. The molecule has 0 aliphatic carbocycles. The summed E-state index contributed by atoms with van der Waals surface area (Å²) < 4.78 is 0. The number of hydrazine groups is 3. The second-order valence-electron chi connectivity index (χ2n) is 40.6. The minimum absolute atomic E-state index is 0.0335. The molecule has 0 unspecified atom stereocenters. The number of aromatic amines is 1. The van der Waals surface area contributed by atoms with E-state index in [1.807, 2.05) is 64.1 Å². The number of Topliss-reactive ketones (excluding diaryl/α,β-unsaturated/α-hetero) is 14. The van der Waals surface area contributed by atoms with Crippen LogP contribution in [0.25, 0.3) is 10.9 Å². The van der Waals surface area contributed by atoms with Crippen molar-refractivity contribution in [3.8, 4) is 5.75 Å². The molecule has 0 spiro atoms. The molecule has 1 aliphatic rings. The molecular weight excluding hydrogens is 1900 g/mol. The Bertz CT molecular complexity index is 5090. The molecule has 5 amide bonds. The molecule has 0 saturated carbocycles. The lowest BCUT2D eigenvalue weighted by Gasteiger charge is -2.33. The molecule has 24 N–H and O–H groups in total. The number of aromatic hydroxyl groups is 1. The van der Waals surface area contributed by atoms with Gasteiger partial charge in [-0.1, -0.05) is 120 Å². The van der Waals surface area contributed by atoms with E-state index < -0.39 is 222 Å². The van der Waals surface area contributed by atoms with Gasteiger partial charge in [0.1, 0.15) is 35.4 Å². The number of amides is 5. The van der Waals surface area contributed by atoms with E-state index in [-0.39, 0.29) is 163 Å². The van der Waals surface area contributed by atoms with Crippen molar-refractivity contribution >= 4 is 121 Å². The van der Waals surface area contributed by atoms with Gasteiger partial charge in [0.15, 0.2) is 57.8 Å². The molecule has 0 fully saturated rings. The number of ketones is 14. The average Bonchev–Trinajstić information content (AvgIpc) is 1.52. The van der Waals surface area contributed by atoms with Crippen molar-refractivity contribution in [3.05, 3.63) is 114 Å². The van der Waals surface area contributed by atoms with Crippen LogP contribution < -0.4 is 103 Å². The van der Waals surface area contributed by atoms with Crippen LogP contribution in [-0.4, -0.2) is 279 Å². The monoisotopic (exact) mass is 2070 g/mol. The van der Waals surface area contributed by atoms with Crippen molar-refractivity contribution in [2.45, 2.75) is 366 Å². The first-order chi connectivity index (χ1) is 69.9. The lowest BCUT2D eigenvalue weighted by atomic mass is 9.86. The van der Waals surface area contributed by atoms with Crippen molar-refractivity contribution in [2.75, 3.05) is 45.9 Å². The van der Waals surface area contributed by atoms with E-state index in [1.54, 1.807) is 104 Å². The molecule has 4 aromatic rings. The Labute approximate surface area is 869 Å². The number of aliphatic hydroxyl groups excluding tert-OH is 1. The van der Waals surface area contributed by atoms with Crippen LogP contribution in [0.2, 0.25) is 0 Å². The highest BCUT2D eigenvalue weighted by atomic mass is 16.3. The zero-order chi connectivity index (χ0) is 110. The highest BCUT2D eigenvalue weighted by Gasteiger charge is 2.42. The SMILES string of the molecule is CC(=O)N[C@@H](CC(C)C)C(=O)N[C@H](C(=O)C(=O)[C@H](Cc1ccccc1)NN[C@]1(C)CCCCCC/C=C/CCC[C@@](C)(C(=O)CN[C@@H](C)C(=O)CCN[C@@H](C)C(=O)CCC(=O)[C@H](C)NCCC(=O)[C@H](C)NCCC(=O)[C@H](C)NCN[C@H](C)C(N)=O)NC(=O)[C@H](CC(C)C)NN[C@@H](CCC(N)=O)C(=O)CN[C@@H](C)C(=O)CC(=O)[C@H](Cc2c[nH]c3ccccc23)NN[C@@H](Cc2ccc(O)cc2)C(=O)CN[C@@H](C)C(=O)CC1=O)[C@@H](C)O. The van der Waals surface area contributed by atoms with Crippen LogP contribution in [0.4, 0.5) is 0 Å². The first kappa shape index (κ1) is 127. The predicted octanol–water partition coefficient (Wildman–Crippen LogP) is 2.44. The number of benzene rings is 3. The van der Waals surface area contributed by atoms with Gasteiger partial charge in [0.25, 0.3) is 0 Å². The fourth-order valence-electron chi connectivity index (χ4n) is 16.6. The second kappa shape index (κ2) is 65.8. The summed E-state index contributed by atoms with van der Waals surface area (Å²) in [4.78, 5) is 266. The molecule has 1 aromatic heterocycles. The van der Waals surface area contributed by atoms with Gasteiger partial charge in [-0.3, -0.25) is 102 Å². The predicted molar refractivity (Wildman–Crippen MR) is 562 cm³/mol. The van der Waals surface area contributed by atoms with Crippen molar-refractivity contribution in [2.24, 2.45) is 23.3 Å². The number of carbonyl (C=O) groups is 19. The number of phenolic OH excluding ortho intramolecular Hbond substituents is 1. The number of aromatic nitrogens is 1. The van der Waals surface area contributed by atoms with E-state index in [9.17, 15) is 96.5 Å². The summed E-state index contributed by atoms with van der Waals surface area (Å²) in [6.45, 7) is 25.0. The van der Waals surface area contributed by atoms with Gasteiger partial charge >= 0.3 is 0 Å². The van der Waals surface area contributed by atoms with Gasteiger partial charge in [0.2, 0.25) is 41.1 Å². The van der Waals surface area contributed by atoms with E-state index in [1.165, 1.54) is 39.8 Å². The zero-order valence-corrected chi connectivity index (χ0v) is 89.1. The highest BCUT2D eigenvalue weighted by Crippen LogP contribution is 2.25. The van der Waals surface area contributed by atoms with E-state index in [0.717, 1.165) is 10.9 Å². The standard InChI is InChI=1S/C107H166N20O21/c1-63(2)51-85(119-74(14)129)104(147)120-100(73(13)128)102(145)101(144)84(54-75-31-25-24-26-32-75)126-127-107(16)47-30-23-21-19-17-18-20-22-29-46-106(15,98(142)61-115-68(8)90(134)44-49-111-66(6)88(132)41-40-87(131)65(5)110-48-43-89(133)67(7)112-50-45-91(135)69(9)117-62-118-72(12)103(109)146)121-105(148)86(52-64(3)4)125-122-81(39-42-99(108)143)95(139)59-113-70(10)92(136)56-94(138)83(55-77-58-116-80-34-28-27-33-79(77)80)124-123-82(53-76-35-37-78(130)38-36-76)96(140)60-114-71(11)93(137)57-97(107)141/h18,20,24-28,31-38,58,63-73,81-86,100,110-118,122-128,130H,17,19,21-23,29-30,39-57,59-62H2,1-16H3,(H2,108,143)(H2,109,146)(H,119,129)(H,120,147)(H,121,148)/b20-18+/t65-,66-,67-,68-,69-,70-,71-,72+,73+,81-,82-,83-,84-,85-,86-,100-,106-,107+/m0/s1. The summed E-state index contributed by atoms with van der Waals surface area (Å²) in [5.41, 5.74) is 28.3. The van der Waals surface area contributed by atoms with Gasteiger partial charge < -0.3 is 74.5 Å². The van der Waals surface area contributed by atoms with E-state index in [2.05, 4.69) is 96.0 Å². The van der Waals surface area contributed by atoms with Crippen LogP contribution >= 0.6 is 0 Å². The number of hydrogen-bond acceptors (Lipinski definition) is 35. The Morgan fingerprint density at radius 2 is 1.00 bits per heavy atom. The van der Waals surface area contributed by atoms with E-state index in [4.69, 9.17) is 11.5 Å². The number of H-pyrrole nitrogens is 1. The van der Waals surface area contributed by atoms with Gasteiger partial charge in [-0.15, -0.1) is 0 Å². The van der Waals surface area contributed by atoms with Crippen LogP contribution in [0.1, 0.15) is 256 Å². The van der Waals surface area contributed by atoms with Gasteiger partial charge in [-0.25, -0.2) is 32.6 Å². The number of allylic oxidation sites excluding steroid dienone is 2. The Morgan fingerprint density at radius 1 is 0.493 bits per heavy atom. The molecule has 0 bridgehead atoms. The van der Waals surface area contributed by atoms with E-state index in [0.29, 0.717) is 61.6 Å². The van der Waals surface area contributed by atoms with Crippen LogP contribution in [0.5, 0.6) is 5.75 Å². The first-order valence-corrected chi connectivity index (χ1v) is 51.9. The minimum Gasteiger partial charge on any atom is -0.508 e. The Balaban J connectivity index is 1.41.